The van der Waals surface area contributed by atoms with E-state index in [9.17, 15) is 9.59 Å². The van der Waals surface area contributed by atoms with Gasteiger partial charge in [0.1, 0.15) is 0 Å². The van der Waals surface area contributed by atoms with Crippen LogP contribution in [0, 0.1) is 0 Å². The van der Waals surface area contributed by atoms with Crippen molar-refractivity contribution in [3.05, 3.63) is 35.9 Å². The molecule has 0 radical (unpaired) electrons. The number of nitrogens with two attached hydrogens (primary N) is 1. The maximum Gasteiger partial charge on any atom is 0.242 e. The van der Waals surface area contributed by atoms with Gasteiger partial charge in [-0.25, -0.2) is 0 Å². The predicted octanol–water partition coefficient (Wildman–Crippen LogP) is 0.499. The van der Waals surface area contributed by atoms with Crippen LogP contribution in [0.5, 0.6) is 0 Å². The summed E-state index contributed by atoms with van der Waals surface area (Å²) >= 11 is 0. The van der Waals surface area contributed by atoms with Gasteiger partial charge in [-0.3, -0.25) is 9.59 Å². The fraction of sp³-hybridized carbons (Fsp3) is 0.429. The van der Waals surface area contributed by atoms with Crippen LogP contribution < -0.4 is 11.1 Å². The smallest absolute Gasteiger partial charge is 0.242 e. The van der Waals surface area contributed by atoms with E-state index in [2.05, 4.69) is 5.32 Å². The van der Waals surface area contributed by atoms with Crippen molar-refractivity contribution in [3.8, 4) is 0 Å². The summed E-state index contributed by atoms with van der Waals surface area (Å²) < 4.78 is 0. The second kappa shape index (κ2) is 7.53. The number of carbonyl (C=O) groups is 2. The Labute approximate surface area is 113 Å². The van der Waals surface area contributed by atoms with E-state index in [1.807, 2.05) is 44.2 Å². The molecule has 5 nitrogen and oxygen atoms in total. The molecular formula is C14H21N3O2. The van der Waals surface area contributed by atoms with Crippen LogP contribution >= 0.6 is 0 Å². The van der Waals surface area contributed by atoms with E-state index in [1.54, 1.807) is 4.90 Å². The summed E-state index contributed by atoms with van der Waals surface area (Å²) in [6.07, 6.45) is 0. The van der Waals surface area contributed by atoms with Gasteiger partial charge in [0.2, 0.25) is 11.8 Å². The highest BCUT2D eigenvalue weighted by Gasteiger charge is 2.17. The predicted molar refractivity (Wildman–Crippen MR) is 74.2 cm³/mol. The first-order chi connectivity index (χ1) is 9.04. The molecule has 0 bridgehead atoms. The average Bonchev–Trinajstić information content (AvgIpc) is 2.42. The first kappa shape index (κ1) is 15.2. The molecule has 0 unspecified atom stereocenters. The largest absolute Gasteiger partial charge is 0.346 e. The van der Waals surface area contributed by atoms with Crippen LogP contribution in [-0.2, 0) is 16.1 Å². The highest BCUT2D eigenvalue weighted by atomic mass is 16.2. The molecule has 0 heterocycles. The fourth-order valence-electron chi connectivity index (χ4n) is 1.69. The lowest BCUT2D eigenvalue weighted by molar-refractivity contribution is -0.134. The second-order valence-electron chi connectivity index (χ2n) is 4.58. The maximum atomic E-state index is 12.1. The van der Waals surface area contributed by atoms with Crippen LogP contribution in [0.4, 0.5) is 0 Å². The van der Waals surface area contributed by atoms with E-state index in [4.69, 9.17) is 5.73 Å². The Morgan fingerprint density at radius 1 is 1.26 bits per heavy atom. The Balaban J connectivity index is 2.62. The Kier molecular flexibility index (Phi) is 6.02. The zero-order valence-corrected chi connectivity index (χ0v) is 11.4. The number of hydrogen-bond acceptors (Lipinski definition) is 3. The van der Waals surface area contributed by atoms with Crippen molar-refractivity contribution in [1.82, 2.24) is 10.2 Å². The molecule has 2 amide bonds. The van der Waals surface area contributed by atoms with Gasteiger partial charge < -0.3 is 16.0 Å². The van der Waals surface area contributed by atoms with Gasteiger partial charge in [-0.05, 0) is 19.4 Å². The molecule has 104 valence electrons. The van der Waals surface area contributed by atoms with Gasteiger partial charge in [-0.15, -0.1) is 0 Å². The summed E-state index contributed by atoms with van der Waals surface area (Å²) in [7, 11) is 0. The number of benzene rings is 1. The van der Waals surface area contributed by atoms with E-state index < -0.39 is 0 Å². The average molecular weight is 263 g/mol. The van der Waals surface area contributed by atoms with Crippen LogP contribution in [0.1, 0.15) is 19.4 Å². The molecular weight excluding hydrogens is 242 g/mol. The third-order valence-electron chi connectivity index (χ3n) is 2.76. The van der Waals surface area contributed by atoms with E-state index in [0.29, 0.717) is 6.54 Å². The molecule has 0 aliphatic rings. The van der Waals surface area contributed by atoms with E-state index in [1.165, 1.54) is 0 Å². The Morgan fingerprint density at radius 2 is 1.89 bits per heavy atom. The van der Waals surface area contributed by atoms with Crippen molar-refractivity contribution >= 4 is 11.8 Å². The zero-order valence-electron chi connectivity index (χ0n) is 11.4. The zero-order chi connectivity index (χ0) is 14.3. The Bertz CT molecular complexity index is 418. The standard InChI is InChI=1S/C14H21N3O2/c1-11(2)17(10-12-6-4-3-5-7-12)14(19)9-16-13(18)8-15/h3-7,11H,8-10,15H2,1-2H3,(H,16,18). The first-order valence-electron chi connectivity index (χ1n) is 6.34. The van der Waals surface area contributed by atoms with E-state index in [-0.39, 0.29) is 30.9 Å². The third-order valence-corrected chi connectivity index (χ3v) is 2.76. The molecule has 5 heteroatoms. The van der Waals surface area contributed by atoms with Crippen LogP contribution in [0.25, 0.3) is 0 Å². The molecule has 1 rings (SSSR count). The van der Waals surface area contributed by atoms with Gasteiger partial charge in [-0.1, -0.05) is 30.3 Å². The SMILES string of the molecule is CC(C)N(Cc1ccccc1)C(=O)CNC(=O)CN. The van der Waals surface area contributed by atoms with Crippen LogP contribution in [-0.4, -0.2) is 35.8 Å². The minimum absolute atomic E-state index is 0.0129. The van der Waals surface area contributed by atoms with Crippen molar-refractivity contribution in [2.24, 2.45) is 5.73 Å². The molecule has 1 aromatic carbocycles. The lowest BCUT2D eigenvalue weighted by Crippen LogP contribution is -2.44. The van der Waals surface area contributed by atoms with E-state index in [0.717, 1.165) is 5.56 Å². The van der Waals surface area contributed by atoms with E-state index >= 15 is 0 Å². The minimum atomic E-state index is -0.322. The third kappa shape index (κ3) is 5.09. The minimum Gasteiger partial charge on any atom is -0.346 e. The van der Waals surface area contributed by atoms with Crippen molar-refractivity contribution < 1.29 is 9.59 Å². The molecule has 3 N–H and O–H groups in total. The summed E-state index contributed by atoms with van der Waals surface area (Å²) in [5.41, 5.74) is 6.25. The number of nitrogens with one attached hydrogen (secondary N) is 1. The summed E-state index contributed by atoms with van der Waals surface area (Å²) in [5.74, 6) is -0.433. The summed E-state index contributed by atoms with van der Waals surface area (Å²) in [6, 6.07) is 9.83. The molecule has 0 saturated carbocycles. The lowest BCUT2D eigenvalue weighted by atomic mass is 10.2. The number of carbonyl (C=O) groups excluding carboxylic acids is 2. The van der Waals surface area contributed by atoms with Crippen LogP contribution in [0.3, 0.4) is 0 Å². The molecule has 0 saturated heterocycles. The van der Waals surface area contributed by atoms with Gasteiger partial charge in [0.25, 0.3) is 0 Å². The number of amides is 2. The van der Waals surface area contributed by atoms with Gasteiger partial charge >= 0.3 is 0 Å². The lowest BCUT2D eigenvalue weighted by Gasteiger charge is -2.27. The Morgan fingerprint density at radius 3 is 2.42 bits per heavy atom. The monoisotopic (exact) mass is 263 g/mol. The number of nitrogens with zero attached hydrogens (tertiary/aromatic N) is 1. The number of hydrogen-bond donors (Lipinski definition) is 2. The van der Waals surface area contributed by atoms with Crippen molar-refractivity contribution in [2.75, 3.05) is 13.1 Å². The molecule has 1 aromatic rings. The highest BCUT2D eigenvalue weighted by molar-refractivity contribution is 5.85. The van der Waals surface area contributed by atoms with Gasteiger partial charge in [0.05, 0.1) is 13.1 Å². The van der Waals surface area contributed by atoms with Gasteiger partial charge in [-0.2, -0.15) is 0 Å². The maximum absolute atomic E-state index is 12.1. The second-order valence-corrected chi connectivity index (χ2v) is 4.58. The highest BCUT2D eigenvalue weighted by Crippen LogP contribution is 2.08. The summed E-state index contributed by atoms with van der Waals surface area (Å²) in [4.78, 5) is 24.9. The molecule has 0 fully saturated rings. The van der Waals surface area contributed by atoms with Gasteiger partial charge in [0.15, 0.2) is 0 Å². The topological polar surface area (TPSA) is 75.4 Å². The molecule has 0 aliphatic heterocycles. The quantitative estimate of drug-likeness (QED) is 0.784. The fourth-order valence-corrected chi connectivity index (χ4v) is 1.69. The number of rotatable bonds is 6. The molecule has 19 heavy (non-hydrogen) atoms. The molecule has 0 aliphatic carbocycles. The first-order valence-corrected chi connectivity index (χ1v) is 6.34. The van der Waals surface area contributed by atoms with Crippen molar-refractivity contribution in [1.29, 1.82) is 0 Å². The molecule has 0 spiro atoms. The summed E-state index contributed by atoms with van der Waals surface area (Å²) in [5, 5.41) is 2.50. The van der Waals surface area contributed by atoms with Crippen LogP contribution in [0.15, 0.2) is 30.3 Å². The molecule has 0 aromatic heterocycles. The van der Waals surface area contributed by atoms with Crippen molar-refractivity contribution in [3.63, 3.8) is 0 Å². The van der Waals surface area contributed by atoms with Gasteiger partial charge in [0, 0.05) is 12.6 Å². The van der Waals surface area contributed by atoms with Crippen LogP contribution in [0.2, 0.25) is 0 Å². The normalized spacial score (nSPS) is 10.3. The Hall–Kier alpha value is -1.88. The summed E-state index contributed by atoms with van der Waals surface area (Å²) in [6.45, 7) is 4.32. The molecule has 0 atom stereocenters. The van der Waals surface area contributed by atoms with Crippen molar-refractivity contribution in [2.45, 2.75) is 26.4 Å².